The van der Waals surface area contributed by atoms with Gasteiger partial charge >= 0.3 is 6.03 Å². The largest absolute Gasteiger partial charge is 0.391 e. The normalized spacial score (nSPS) is 30.2. The van der Waals surface area contributed by atoms with E-state index in [-0.39, 0.29) is 12.1 Å². The molecule has 2 amide bonds. The van der Waals surface area contributed by atoms with Crippen LogP contribution in [0.25, 0.3) is 0 Å². The van der Waals surface area contributed by atoms with Gasteiger partial charge in [-0.25, -0.2) is 4.79 Å². The Morgan fingerprint density at radius 2 is 1.89 bits per heavy atom. The summed E-state index contributed by atoms with van der Waals surface area (Å²) in [5.41, 5.74) is 0. The summed E-state index contributed by atoms with van der Waals surface area (Å²) in [4.78, 5) is 15.9. The maximum absolute atomic E-state index is 11.7. The minimum Gasteiger partial charge on any atom is -0.391 e. The van der Waals surface area contributed by atoms with Crippen molar-refractivity contribution in [1.29, 1.82) is 0 Å². The predicted molar refractivity (Wildman–Crippen MR) is 70.5 cm³/mol. The average Bonchev–Trinajstić information content (AvgIpc) is 2.40. The molecule has 0 aromatic carbocycles. The quantitative estimate of drug-likeness (QED) is 0.761. The first-order chi connectivity index (χ1) is 8.72. The van der Waals surface area contributed by atoms with Gasteiger partial charge < -0.3 is 15.3 Å². The van der Waals surface area contributed by atoms with E-state index in [4.69, 9.17) is 0 Å². The second-order valence-electron chi connectivity index (χ2n) is 5.28. The topological polar surface area (TPSA) is 55.8 Å². The van der Waals surface area contributed by atoms with E-state index in [9.17, 15) is 9.90 Å². The van der Waals surface area contributed by atoms with Crippen molar-refractivity contribution in [3.8, 4) is 0 Å². The molecule has 1 saturated carbocycles. The van der Waals surface area contributed by atoms with Gasteiger partial charge in [-0.05, 0) is 19.8 Å². The zero-order chi connectivity index (χ0) is 13.0. The lowest BCUT2D eigenvalue weighted by Crippen LogP contribution is -2.56. The van der Waals surface area contributed by atoms with Crippen molar-refractivity contribution in [2.75, 3.05) is 32.7 Å². The number of nitrogens with one attached hydrogen (secondary N) is 1. The molecule has 5 heteroatoms. The molecule has 2 rings (SSSR count). The van der Waals surface area contributed by atoms with Crippen molar-refractivity contribution in [1.82, 2.24) is 15.1 Å². The van der Waals surface area contributed by atoms with Crippen molar-refractivity contribution in [3.63, 3.8) is 0 Å². The lowest BCUT2D eigenvalue weighted by Gasteiger charge is -2.42. The Morgan fingerprint density at radius 1 is 1.22 bits per heavy atom. The van der Waals surface area contributed by atoms with Crippen molar-refractivity contribution in [2.24, 2.45) is 0 Å². The smallest absolute Gasteiger partial charge is 0.317 e. The highest BCUT2D eigenvalue weighted by Crippen LogP contribution is 2.24. The van der Waals surface area contributed by atoms with Crippen LogP contribution >= 0.6 is 0 Å². The molecule has 5 nitrogen and oxygen atoms in total. The van der Waals surface area contributed by atoms with Gasteiger partial charge in [0.2, 0.25) is 0 Å². The summed E-state index contributed by atoms with van der Waals surface area (Å²) < 4.78 is 0. The summed E-state index contributed by atoms with van der Waals surface area (Å²) in [7, 11) is 0. The van der Waals surface area contributed by atoms with Gasteiger partial charge in [0.15, 0.2) is 0 Å². The highest BCUT2D eigenvalue weighted by Gasteiger charge is 2.31. The van der Waals surface area contributed by atoms with E-state index in [1.54, 1.807) is 0 Å². The van der Waals surface area contributed by atoms with Crippen LogP contribution in [0.15, 0.2) is 0 Å². The minimum atomic E-state index is -0.172. The lowest BCUT2D eigenvalue weighted by molar-refractivity contribution is 0.00206. The molecule has 104 valence electrons. The third-order valence-corrected chi connectivity index (χ3v) is 4.09. The molecule has 0 aromatic heterocycles. The first-order valence-electron chi connectivity index (χ1n) is 7.17. The fraction of sp³-hybridized carbons (Fsp3) is 0.923. The van der Waals surface area contributed by atoms with E-state index in [1.807, 2.05) is 11.8 Å². The van der Waals surface area contributed by atoms with Gasteiger partial charge in [0.05, 0.1) is 6.10 Å². The fourth-order valence-corrected chi connectivity index (χ4v) is 3.04. The van der Waals surface area contributed by atoms with E-state index in [0.29, 0.717) is 12.6 Å². The standard InChI is InChI=1S/C13H25N3O2/c1-2-14-13(18)16-9-7-15(8-10-16)11-5-3-4-6-12(11)17/h11-12,17H,2-10H2,1H3,(H,14,18). The molecule has 2 atom stereocenters. The molecule has 1 aliphatic heterocycles. The van der Waals surface area contributed by atoms with Crippen LogP contribution in [-0.4, -0.2) is 65.8 Å². The van der Waals surface area contributed by atoms with Crippen LogP contribution < -0.4 is 5.32 Å². The second kappa shape index (κ2) is 6.38. The molecular formula is C13H25N3O2. The number of urea groups is 1. The zero-order valence-corrected chi connectivity index (χ0v) is 11.3. The second-order valence-corrected chi connectivity index (χ2v) is 5.28. The molecule has 0 bridgehead atoms. The van der Waals surface area contributed by atoms with Crippen LogP contribution in [0.4, 0.5) is 4.79 Å². The number of aliphatic hydroxyl groups is 1. The van der Waals surface area contributed by atoms with E-state index in [0.717, 1.165) is 45.4 Å². The van der Waals surface area contributed by atoms with Gasteiger partial charge in [-0.1, -0.05) is 12.8 Å². The summed E-state index contributed by atoms with van der Waals surface area (Å²) in [5, 5.41) is 12.9. The third kappa shape index (κ3) is 3.14. The predicted octanol–water partition coefficient (Wildman–Crippen LogP) is 0.637. The van der Waals surface area contributed by atoms with E-state index in [1.165, 1.54) is 6.42 Å². The number of rotatable bonds is 2. The maximum Gasteiger partial charge on any atom is 0.317 e. The summed E-state index contributed by atoms with van der Waals surface area (Å²) in [6.07, 6.45) is 4.23. The molecule has 1 saturated heterocycles. The number of carbonyl (C=O) groups excluding carboxylic acids is 1. The monoisotopic (exact) mass is 255 g/mol. The van der Waals surface area contributed by atoms with Gasteiger partial charge in [-0.3, -0.25) is 4.90 Å². The zero-order valence-electron chi connectivity index (χ0n) is 11.3. The summed E-state index contributed by atoms with van der Waals surface area (Å²) in [6, 6.07) is 0.358. The Bertz CT molecular complexity index is 277. The molecule has 18 heavy (non-hydrogen) atoms. The summed E-state index contributed by atoms with van der Waals surface area (Å²) in [5.74, 6) is 0. The average molecular weight is 255 g/mol. The molecule has 0 spiro atoms. The van der Waals surface area contributed by atoms with Gasteiger partial charge in [0.1, 0.15) is 0 Å². The lowest BCUT2D eigenvalue weighted by atomic mass is 9.91. The SMILES string of the molecule is CCNC(=O)N1CCN(C2CCCCC2O)CC1. The molecular weight excluding hydrogens is 230 g/mol. The number of carbonyl (C=O) groups is 1. The molecule has 1 heterocycles. The van der Waals surface area contributed by atoms with E-state index in [2.05, 4.69) is 10.2 Å². The molecule has 0 radical (unpaired) electrons. The Labute approximate surface area is 109 Å². The number of hydrogen-bond acceptors (Lipinski definition) is 3. The Balaban J connectivity index is 1.80. The first-order valence-corrected chi connectivity index (χ1v) is 7.17. The number of piperazine rings is 1. The van der Waals surface area contributed by atoms with Crippen LogP contribution in [0.3, 0.4) is 0 Å². The van der Waals surface area contributed by atoms with Crippen molar-refractivity contribution in [3.05, 3.63) is 0 Å². The van der Waals surface area contributed by atoms with Crippen molar-refractivity contribution in [2.45, 2.75) is 44.8 Å². The van der Waals surface area contributed by atoms with Crippen molar-refractivity contribution < 1.29 is 9.90 Å². The van der Waals surface area contributed by atoms with E-state index < -0.39 is 0 Å². The van der Waals surface area contributed by atoms with Crippen LogP contribution in [0.5, 0.6) is 0 Å². The van der Waals surface area contributed by atoms with Crippen LogP contribution in [0, 0.1) is 0 Å². The minimum absolute atomic E-state index is 0.0429. The van der Waals surface area contributed by atoms with Gasteiger partial charge in [0.25, 0.3) is 0 Å². The Kier molecular flexibility index (Phi) is 4.83. The number of nitrogens with zero attached hydrogens (tertiary/aromatic N) is 2. The number of hydrogen-bond donors (Lipinski definition) is 2. The highest BCUT2D eigenvalue weighted by atomic mass is 16.3. The third-order valence-electron chi connectivity index (χ3n) is 4.09. The molecule has 2 aliphatic rings. The fourth-order valence-electron chi connectivity index (χ4n) is 3.04. The Morgan fingerprint density at radius 3 is 2.50 bits per heavy atom. The highest BCUT2D eigenvalue weighted by molar-refractivity contribution is 5.74. The maximum atomic E-state index is 11.7. The molecule has 1 aliphatic carbocycles. The van der Waals surface area contributed by atoms with Gasteiger partial charge in [-0.2, -0.15) is 0 Å². The summed E-state index contributed by atoms with van der Waals surface area (Å²) >= 11 is 0. The first kappa shape index (κ1) is 13.6. The summed E-state index contributed by atoms with van der Waals surface area (Å²) in [6.45, 7) is 5.94. The van der Waals surface area contributed by atoms with Crippen LogP contribution in [-0.2, 0) is 0 Å². The van der Waals surface area contributed by atoms with Crippen LogP contribution in [0.1, 0.15) is 32.6 Å². The van der Waals surface area contributed by atoms with Crippen molar-refractivity contribution >= 4 is 6.03 Å². The molecule has 2 unspecified atom stereocenters. The Hall–Kier alpha value is -0.810. The molecule has 2 fully saturated rings. The van der Waals surface area contributed by atoms with Gasteiger partial charge in [0, 0.05) is 38.8 Å². The molecule has 0 aromatic rings. The van der Waals surface area contributed by atoms with Gasteiger partial charge in [-0.15, -0.1) is 0 Å². The van der Waals surface area contributed by atoms with Crippen LogP contribution in [0.2, 0.25) is 0 Å². The van der Waals surface area contributed by atoms with E-state index >= 15 is 0 Å². The number of amides is 2. The number of aliphatic hydroxyl groups excluding tert-OH is 1. The molecule has 2 N–H and O–H groups in total.